The molecule has 0 aliphatic carbocycles. The van der Waals surface area contributed by atoms with E-state index in [1.807, 2.05) is 12.1 Å². The van der Waals surface area contributed by atoms with E-state index in [0.29, 0.717) is 12.3 Å². The summed E-state index contributed by atoms with van der Waals surface area (Å²) in [6, 6.07) is 5.47. The highest BCUT2D eigenvalue weighted by molar-refractivity contribution is 14.1. The summed E-state index contributed by atoms with van der Waals surface area (Å²) < 4.78 is 33.7. The van der Waals surface area contributed by atoms with Gasteiger partial charge in [0.05, 0.1) is 17.5 Å². The van der Waals surface area contributed by atoms with Crippen LogP contribution in [0, 0.1) is 3.57 Å². The van der Waals surface area contributed by atoms with E-state index in [1.165, 1.54) is 0 Å². The van der Waals surface area contributed by atoms with Gasteiger partial charge >= 0.3 is 0 Å². The van der Waals surface area contributed by atoms with Crippen LogP contribution < -0.4 is 4.72 Å². The third-order valence-electron chi connectivity index (χ3n) is 2.63. The summed E-state index contributed by atoms with van der Waals surface area (Å²) in [5.41, 5.74) is 0.563. The largest absolute Gasteiger partial charge is 0.377 e. The Morgan fingerprint density at radius 3 is 2.89 bits per heavy atom. The van der Waals surface area contributed by atoms with Crippen LogP contribution in [0.4, 0.5) is 5.69 Å². The predicted octanol–water partition coefficient (Wildman–Crippen LogP) is 2.97. The zero-order chi connectivity index (χ0) is 13.2. The molecule has 7 heteroatoms. The van der Waals surface area contributed by atoms with E-state index in [4.69, 9.17) is 4.74 Å². The first-order valence-electron chi connectivity index (χ1n) is 5.53. The second kappa shape index (κ2) is 6.06. The third-order valence-corrected chi connectivity index (χ3v) is 5.29. The molecular formula is C11H13BrINO3S. The van der Waals surface area contributed by atoms with E-state index in [9.17, 15) is 8.42 Å². The van der Waals surface area contributed by atoms with Crippen LogP contribution in [0.25, 0.3) is 0 Å². The van der Waals surface area contributed by atoms with Crippen molar-refractivity contribution in [1.29, 1.82) is 0 Å². The SMILES string of the molecule is O=S(=O)(CC1CCCO1)Nc1ccc(I)cc1Br. The molecule has 0 radical (unpaired) electrons. The third kappa shape index (κ3) is 4.07. The maximum Gasteiger partial charge on any atom is 0.235 e. The van der Waals surface area contributed by atoms with Crippen LogP contribution in [0.3, 0.4) is 0 Å². The lowest BCUT2D eigenvalue weighted by Gasteiger charge is -2.13. The number of halogens is 2. The van der Waals surface area contributed by atoms with Gasteiger partial charge in [0.1, 0.15) is 0 Å². The number of nitrogens with one attached hydrogen (secondary N) is 1. The maximum absolute atomic E-state index is 12.0. The Balaban J connectivity index is 2.07. The standard InChI is InChI=1S/C11H13BrINO3S/c12-10-6-8(13)3-4-11(10)14-18(15,16)7-9-2-1-5-17-9/h3-4,6,9,14H,1-2,5,7H2. The molecule has 1 atom stereocenters. The van der Waals surface area contributed by atoms with Gasteiger partial charge in [-0.25, -0.2) is 8.42 Å². The highest BCUT2D eigenvalue weighted by atomic mass is 127. The summed E-state index contributed by atoms with van der Waals surface area (Å²) in [6.45, 7) is 0.660. The molecule has 1 aromatic rings. The molecule has 18 heavy (non-hydrogen) atoms. The van der Waals surface area contributed by atoms with Gasteiger partial charge in [0.2, 0.25) is 10.0 Å². The summed E-state index contributed by atoms with van der Waals surface area (Å²) in [7, 11) is -3.36. The molecule has 0 aromatic heterocycles. The average molecular weight is 446 g/mol. The molecule has 1 aliphatic heterocycles. The summed E-state index contributed by atoms with van der Waals surface area (Å²) in [5, 5.41) is 0. The summed E-state index contributed by atoms with van der Waals surface area (Å²) >= 11 is 5.52. The average Bonchev–Trinajstić information content (AvgIpc) is 2.74. The summed E-state index contributed by atoms with van der Waals surface area (Å²) in [6.07, 6.45) is 1.58. The molecule has 0 amide bonds. The van der Waals surface area contributed by atoms with E-state index in [0.717, 1.165) is 20.9 Å². The van der Waals surface area contributed by atoms with Gasteiger partial charge in [-0.2, -0.15) is 0 Å². The smallest absolute Gasteiger partial charge is 0.235 e. The van der Waals surface area contributed by atoms with Gasteiger partial charge in [-0.15, -0.1) is 0 Å². The minimum atomic E-state index is -3.36. The molecule has 1 unspecified atom stereocenters. The lowest BCUT2D eigenvalue weighted by Crippen LogP contribution is -2.25. The van der Waals surface area contributed by atoms with Crippen LogP contribution in [0.1, 0.15) is 12.8 Å². The second-order valence-electron chi connectivity index (χ2n) is 4.14. The van der Waals surface area contributed by atoms with Crippen molar-refractivity contribution >= 4 is 54.2 Å². The Morgan fingerprint density at radius 2 is 2.28 bits per heavy atom. The first-order valence-corrected chi connectivity index (χ1v) is 9.06. The molecule has 1 heterocycles. The molecule has 1 N–H and O–H groups in total. The Morgan fingerprint density at radius 1 is 1.50 bits per heavy atom. The fraction of sp³-hybridized carbons (Fsp3) is 0.455. The van der Waals surface area contributed by atoms with E-state index in [2.05, 4.69) is 43.2 Å². The molecule has 0 spiro atoms. The van der Waals surface area contributed by atoms with Crippen LogP contribution in [-0.4, -0.2) is 26.9 Å². The topological polar surface area (TPSA) is 55.4 Å². The van der Waals surface area contributed by atoms with Crippen molar-refractivity contribution in [3.63, 3.8) is 0 Å². The molecular weight excluding hydrogens is 433 g/mol. The van der Waals surface area contributed by atoms with Crippen molar-refractivity contribution in [1.82, 2.24) is 0 Å². The summed E-state index contributed by atoms with van der Waals surface area (Å²) in [4.78, 5) is 0. The van der Waals surface area contributed by atoms with Crippen molar-refractivity contribution in [3.8, 4) is 0 Å². The van der Waals surface area contributed by atoms with Crippen molar-refractivity contribution in [2.75, 3.05) is 17.1 Å². The minimum Gasteiger partial charge on any atom is -0.377 e. The first kappa shape index (κ1) is 14.5. The fourth-order valence-corrected chi connectivity index (χ4v) is 4.68. The number of hydrogen-bond acceptors (Lipinski definition) is 3. The second-order valence-corrected chi connectivity index (χ2v) is 8.01. The molecule has 100 valence electrons. The van der Waals surface area contributed by atoms with Crippen LogP contribution in [0.5, 0.6) is 0 Å². The molecule has 0 bridgehead atoms. The number of anilines is 1. The van der Waals surface area contributed by atoms with E-state index in [1.54, 1.807) is 6.07 Å². The molecule has 1 aliphatic rings. The molecule has 1 saturated heterocycles. The number of ether oxygens (including phenoxy) is 1. The van der Waals surface area contributed by atoms with Crippen LogP contribution >= 0.6 is 38.5 Å². The van der Waals surface area contributed by atoms with Gasteiger partial charge in [-0.1, -0.05) is 0 Å². The van der Waals surface area contributed by atoms with Crippen LogP contribution in [0.15, 0.2) is 22.7 Å². The zero-order valence-corrected chi connectivity index (χ0v) is 14.1. The molecule has 2 rings (SSSR count). The highest BCUT2D eigenvalue weighted by Crippen LogP contribution is 2.26. The zero-order valence-electron chi connectivity index (χ0n) is 9.53. The molecule has 1 aromatic carbocycles. The molecule has 0 saturated carbocycles. The van der Waals surface area contributed by atoms with Gasteiger partial charge in [0.25, 0.3) is 0 Å². The van der Waals surface area contributed by atoms with E-state index >= 15 is 0 Å². The van der Waals surface area contributed by atoms with Gasteiger partial charge < -0.3 is 4.74 Å². The predicted molar refractivity (Wildman–Crippen MR) is 83.2 cm³/mol. The summed E-state index contributed by atoms with van der Waals surface area (Å²) in [5.74, 6) is 0.0193. The molecule has 1 fully saturated rings. The number of sulfonamides is 1. The number of rotatable bonds is 4. The Kier molecular flexibility index (Phi) is 4.90. The Labute approximate surface area is 129 Å². The van der Waals surface area contributed by atoms with Crippen molar-refractivity contribution in [2.45, 2.75) is 18.9 Å². The highest BCUT2D eigenvalue weighted by Gasteiger charge is 2.23. The Bertz CT molecular complexity index is 529. The van der Waals surface area contributed by atoms with Gasteiger partial charge in [-0.3, -0.25) is 4.72 Å². The van der Waals surface area contributed by atoms with Crippen LogP contribution in [-0.2, 0) is 14.8 Å². The van der Waals surface area contributed by atoms with Gasteiger partial charge in [0, 0.05) is 14.6 Å². The lowest BCUT2D eigenvalue weighted by atomic mass is 10.3. The van der Waals surface area contributed by atoms with Crippen molar-refractivity contribution in [2.24, 2.45) is 0 Å². The van der Waals surface area contributed by atoms with E-state index < -0.39 is 10.0 Å². The normalized spacial score (nSPS) is 20.0. The maximum atomic E-state index is 12.0. The first-order chi connectivity index (χ1) is 8.46. The molecule has 4 nitrogen and oxygen atoms in total. The minimum absolute atomic E-state index is 0.0193. The lowest BCUT2D eigenvalue weighted by molar-refractivity contribution is 0.127. The Hall–Kier alpha value is 0.140. The van der Waals surface area contributed by atoms with Crippen molar-refractivity contribution < 1.29 is 13.2 Å². The monoisotopic (exact) mass is 445 g/mol. The fourth-order valence-electron chi connectivity index (χ4n) is 1.80. The van der Waals surface area contributed by atoms with Gasteiger partial charge in [-0.05, 0) is 69.6 Å². The quantitative estimate of drug-likeness (QED) is 0.725. The van der Waals surface area contributed by atoms with E-state index in [-0.39, 0.29) is 11.9 Å². The number of hydrogen-bond donors (Lipinski definition) is 1. The number of benzene rings is 1. The van der Waals surface area contributed by atoms with Crippen molar-refractivity contribution in [3.05, 3.63) is 26.2 Å². The van der Waals surface area contributed by atoms with Gasteiger partial charge in [0.15, 0.2) is 0 Å². The van der Waals surface area contributed by atoms with Crippen LogP contribution in [0.2, 0.25) is 0 Å².